The van der Waals surface area contributed by atoms with Gasteiger partial charge in [-0.3, -0.25) is 4.79 Å². The molecular formula is C25H26ClN3O2. The molecule has 1 amide bonds. The van der Waals surface area contributed by atoms with Crippen LogP contribution in [0.5, 0.6) is 0 Å². The van der Waals surface area contributed by atoms with Crippen LogP contribution in [0.2, 0.25) is 5.02 Å². The smallest absolute Gasteiger partial charge is 0.243 e. The number of halogens is 1. The van der Waals surface area contributed by atoms with E-state index in [9.17, 15) is 4.79 Å². The normalized spacial score (nSPS) is 13.6. The number of hydrogen-bond acceptors (Lipinski definition) is 4. The van der Waals surface area contributed by atoms with Crippen LogP contribution in [0.25, 0.3) is 0 Å². The summed E-state index contributed by atoms with van der Waals surface area (Å²) in [6.45, 7) is 3.17. The van der Waals surface area contributed by atoms with Crippen molar-refractivity contribution in [2.24, 2.45) is 0 Å². The molecule has 0 radical (unpaired) electrons. The van der Waals surface area contributed by atoms with Crippen molar-refractivity contribution in [3.8, 4) is 0 Å². The zero-order valence-electron chi connectivity index (χ0n) is 17.3. The Morgan fingerprint density at radius 2 is 1.68 bits per heavy atom. The number of nitrogens with one attached hydrogen (secondary N) is 2. The molecule has 6 heteroatoms. The van der Waals surface area contributed by atoms with E-state index in [0.29, 0.717) is 18.2 Å². The van der Waals surface area contributed by atoms with Gasteiger partial charge >= 0.3 is 0 Å². The summed E-state index contributed by atoms with van der Waals surface area (Å²) < 4.78 is 5.45. The van der Waals surface area contributed by atoms with Crippen molar-refractivity contribution in [2.75, 3.05) is 48.4 Å². The van der Waals surface area contributed by atoms with Gasteiger partial charge < -0.3 is 20.3 Å². The fourth-order valence-corrected chi connectivity index (χ4v) is 3.88. The molecule has 5 nitrogen and oxygen atoms in total. The quantitative estimate of drug-likeness (QED) is 0.558. The van der Waals surface area contributed by atoms with Crippen molar-refractivity contribution >= 4 is 34.6 Å². The van der Waals surface area contributed by atoms with Gasteiger partial charge in [0, 0.05) is 23.8 Å². The number of morpholine rings is 1. The zero-order chi connectivity index (χ0) is 21.5. The SMILES string of the molecule is O=C(CNc1cc(Cl)ccc1N1CCOCC1)Nc1ccccc1Cc1ccccc1. The lowest BCUT2D eigenvalue weighted by Gasteiger charge is -2.30. The number of amides is 1. The Kier molecular flexibility index (Phi) is 7.07. The number of anilines is 3. The summed E-state index contributed by atoms with van der Waals surface area (Å²) in [5.41, 5.74) is 5.00. The average molecular weight is 436 g/mol. The first-order chi connectivity index (χ1) is 15.2. The molecule has 3 aromatic rings. The number of carbonyl (C=O) groups is 1. The van der Waals surface area contributed by atoms with Crippen molar-refractivity contribution < 1.29 is 9.53 Å². The van der Waals surface area contributed by atoms with Gasteiger partial charge in [0.15, 0.2) is 0 Å². The molecule has 1 aliphatic rings. The van der Waals surface area contributed by atoms with Crippen LogP contribution < -0.4 is 15.5 Å². The second-order valence-corrected chi connectivity index (χ2v) is 7.92. The molecule has 0 bridgehead atoms. The van der Waals surface area contributed by atoms with Gasteiger partial charge in [0.25, 0.3) is 0 Å². The third-order valence-corrected chi connectivity index (χ3v) is 5.51. The minimum atomic E-state index is -0.103. The highest BCUT2D eigenvalue weighted by molar-refractivity contribution is 6.31. The minimum absolute atomic E-state index is 0.103. The van der Waals surface area contributed by atoms with Crippen molar-refractivity contribution in [2.45, 2.75) is 6.42 Å². The summed E-state index contributed by atoms with van der Waals surface area (Å²) in [7, 11) is 0. The molecular weight excluding hydrogens is 410 g/mol. The topological polar surface area (TPSA) is 53.6 Å². The monoisotopic (exact) mass is 435 g/mol. The van der Waals surface area contributed by atoms with Crippen molar-refractivity contribution in [1.29, 1.82) is 0 Å². The van der Waals surface area contributed by atoms with E-state index < -0.39 is 0 Å². The van der Waals surface area contributed by atoms with E-state index in [4.69, 9.17) is 16.3 Å². The van der Waals surface area contributed by atoms with Crippen molar-refractivity contribution in [1.82, 2.24) is 0 Å². The van der Waals surface area contributed by atoms with E-state index in [1.807, 2.05) is 60.7 Å². The largest absolute Gasteiger partial charge is 0.378 e. The minimum Gasteiger partial charge on any atom is -0.378 e. The summed E-state index contributed by atoms with van der Waals surface area (Å²) in [4.78, 5) is 15.0. The molecule has 0 unspecified atom stereocenters. The second kappa shape index (κ2) is 10.3. The molecule has 0 aliphatic carbocycles. The van der Waals surface area contributed by atoms with Crippen LogP contribution in [0.15, 0.2) is 72.8 Å². The molecule has 31 heavy (non-hydrogen) atoms. The van der Waals surface area contributed by atoms with Gasteiger partial charge in [-0.2, -0.15) is 0 Å². The first-order valence-electron chi connectivity index (χ1n) is 10.5. The van der Waals surface area contributed by atoms with Gasteiger partial charge in [-0.15, -0.1) is 0 Å². The van der Waals surface area contributed by atoms with Crippen LogP contribution in [-0.2, 0) is 16.0 Å². The Morgan fingerprint density at radius 1 is 0.935 bits per heavy atom. The molecule has 3 aromatic carbocycles. The van der Waals surface area contributed by atoms with E-state index in [1.54, 1.807) is 0 Å². The van der Waals surface area contributed by atoms with Crippen molar-refractivity contribution in [3.05, 3.63) is 88.9 Å². The summed E-state index contributed by atoms with van der Waals surface area (Å²) >= 11 is 6.21. The molecule has 1 heterocycles. The van der Waals surface area contributed by atoms with Gasteiger partial charge in [0.2, 0.25) is 5.91 Å². The van der Waals surface area contributed by atoms with E-state index in [0.717, 1.165) is 42.1 Å². The van der Waals surface area contributed by atoms with E-state index in [2.05, 4.69) is 27.7 Å². The molecule has 1 fully saturated rings. The Labute approximate surface area is 188 Å². The molecule has 0 spiro atoms. The number of para-hydroxylation sites is 1. The molecule has 0 aromatic heterocycles. The predicted octanol–water partition coefficient (Wildman–Crippen LogP) is 4.82. The standard InChI is InChI=1S/C25H26ClN3O2/c26-21-10-11-24(29-12-14-31-15-13-29)23(17-21)27-18-25(30)28-22-9-5-4-8-20(22)16-19-6-2-1-3-7-19/h1-11,17,27H,12-16,18H2,(H,28,30). The third-order valence-electron chi connectivity index (χ3n) is 5.28. The van der Waals surface area contributed by atoms with E-state index in [1.165, 1.54) is 5.56 Å². The highest BCUT2D eigenvalue weighted by Gasteiger charge is 2.16. The fourth-order valence-electron chi connectivity index (χ4n) is 3.71. The highest BCUT2D eigenvalue weighted by atomic mass is 35.5. The van der Waals surface area contributed by atoms with Crippen LogP contribution in [0.3, 0.4) is 0 Å². The Hall–Kier alpha value is -3.02. The predicted molar refractivity (Wildman–Crippen MR) is 127 cm³/mol. The van der Waals surface area contributed by atoms with Gasteiger partial charge in [-0.1, -0.05) is 60.1 Å². The maximum atomic E-state index is 12.7. The van der Waals surface area contributed by atoms with Crippen LogP contribution >= 0.6 is 11.6 Å². The van der Waals surface area contributed by atoms with Gasteiger partial charge in [0.1, 0.15) is 0 Å². The third kappa shape index (κ3) is 5.78. The summed E-state index contributed by atoms with van der Waals surface area (Å²) in [6.07, 6.45) is 0.764. The maximum Gasteiger partial charge on any atom is 0.243 e. The first kappa shape index (κ1) is 21.2. The number of rotatable bonds is 7. The van der Waals surface area contributed by atoms with Gasteiger partial charge in [0.05, 0.1) is 31.1 Å². The summed E-state index contributed by atoms with van der Waals surface area (Å²) in [5, 5.41) is 6.94. The number of carbonyl (C=O) groups excluding carboxylic acids is 1. The number of benzene rings is 3. The lowest BCUT2D eigenvalue weighted by atomic mass is 10.0. The molecule has 0 atom stereocenters. The number of ether oxygens (including phenoxy) is 1. The molecule has 1 aliphatic heterocycles. The fraction of sp³-hybridized carbons (Fsp3) is 0.240. The number of nitrogens with zero attached hydrogens (tertiary/aromatic N) is 1. The number of hydrogen-bond donors (Lipinski definition) is 2. The summed E-state index contributed by atoms with van der Waals surface area (Å²) in [6, 6.07) is 23.9. The highest BCUT2D eigenvalue weighted by Crippen LogP contribution is 2.30. The Morgan fingerprint density at radius 3 is 2.48 bits per heavy atom. The first-order valence-corrected chi connectivity index (χ1v) is 10.8. The average Bonchev–Trinajstić information content (AvgIpc) is 2.80. The molecule has 0 saturated carbocycles. The molecule has 2 N–H and O–H groups in total. The van der Waals surface area contributed by atoms with E-state index in [-0.39, 0.29) is 12.5 Å². The van der Waals surface area contributed by atoms with Crippen molar-refractivity contribution in [3.63, 3.8) is 0 Å². The summed E-state index contributed by atoms with van der Waals surface area (Å²) in [5.74, 6) is -0.103. The van der Waals surface area contributed by atoms with Crippen LogP contribution in [-0.4, -0.2) is 38.8 Å². The van der Waals surface area contributed by atoms with Gasteiger partial charge in [-0.05, 0) is 41.8 Å². The Bertz CT molecular complexity index is 1020. The molecule has 4 rings (SSSR count). The van der Waals surface area contributed by atoms with Crippen LogP contribution in [0.1, 0.15) is 11.1 Å². The van der Waals surface area contributed by atoms with Gasteiger partial charge in [-0.25, -0.2) is 0 Å². The lowest BCUT2D eigenvalue weighted by Crippen LogP contribution is -2.36. The zero-order valence-corrected chi connectivity index (χ0v) is 18.1. The van der Waals surface area contributed by atoms with Crippen LogP contribution in [0.4, 0.5) is 17.1 Å². The van der Waals surface area contributed by atoms with Crippen LogP contribution in [0, 0.1) is 0 Å². The maximum absolute atomic E-state index is 12.7. The molecule has 1 saturated heterocycles. The lowest BCUT2D eigenvalue weighted by molar-refractivity contribution is -0.114. The Balaban J connectivity index is 1.42. The van der Waals surface area contributed by atoms with E-state index >= 15 is 0 Å². The molecule has 160 valence electrons. The second-order valence-electron chi connectivity index (χ2n) is 7.48.